The third kappa shape index (κ3) is 4.48. The Bertz CT molecular complexity index is 943. The first kappa shape index (κ1) is 18.8. The fourth-order valence-corrected chi connectivity index (χ4v) is 3.43. The van der Waals surface area contributed by atoms with E-state index in [0.29, 0.717) is 0 Å². The Morgan fingerprint density at radius 3 is 1.07 bits per heavy atom. The molecule has 0 aliphatic heterocycles. The first-order valence-corrected chi connectivity index (χ1v) is 9.67. The van der Waals surface area contributed by atoms with Gasteiger partial charge < -0.3 is 16.2 Å². The van der Waals surface area contributed by atoms with Gasteiger partial charge in [0, 0.05) is 11.4 Å². The number of hydrogen-bond donors (Lipinski definition) is 2. The molecule has 0 aliphatic rings. The lowest BCUT2D eigenvalue weighted by Gasteiger charge is -2.27. The minimum absolute atomic E-state index is 0.237. The van der Waals surface area contributed by atoms with Crippen molar-refractivity contribution in [1.82, 2.24) is 0 Å². The average molecular weight is 380 g/mol. The predicted octanol–water partition coefficient (Wildman–Crippen LogP) is 5.75. The molecule has 2 unspecified atom stereocenters. The van der Waals surface area contributed by atoms with E-state index in [-0.39, 0.29) is 12.2 Å². The first-order chi connectivity index (χ1) is 14.2. The third-order valence-corrected chi connectivity index (χ3v) is 4.96. The smallest absolute Gasteiger partial charge is 0.109 e. The number of anilines is 2. The Balaban J connectivity index is 1.77. The van der Waals surface area contributed by atoms with Crippen LogP contribution in [0, 0.1) is 0 Å². The molecule has 144 valence electrons. The van der Waals surface area contributed by atoms with E-state index in [9.17, 15) is 0 Å². The van der Waals surface area contributed by atoms with Crippen LogP contribution in [0.3, 0.4) is 0 Å². The fourth-order valence-electron chi connectivity index (χ4n) is 3.43. The Morgan fingerprint density at radius 2 is 0.724 bits per heavy atom. The van der Waals surface area contributed by atoms with Crippen molar-refractivity contribution in [1.29, 1.82) is 0 Å². The van der Waals surface area contributed by atoms with E-state index in [4.69, 9.17) is 16.2 Å². The molecule has 3 heteroatoms. The number of nitrogen functional groups attached to an aromatic ring is 2. The molecule has 4 aromatic carbocycles. The van der Waals surface area contributed by atoms with E-state index in [2.05, 4.69) is 24.3 Å². The topological polar surface area (TPSA) is 61.3 Å². The van der Waals surface area contributed by atoms with Crippen molar-refractivity contribution >= 4 is 11.4 Å². The highest BCUT2D eigenvalue weighted by Crippen LogP contribution is 2.36. The van der Waals surface area contributed by atoms with Gasteiger partial charge in [-0.1, -0.05) is 84.9 Å². The zero-order valence-corrected chi connectivity index (χ0v) is 16.1. The second-order valence-electron chi connectivity index (χ2n) is 7.05. The largest absolute Gasteiger partial charge is 0.399 e. The van der Waals surface area contributed by atoms with Crippen LogP contribution in [-0.4, -0.2) is 0 Å². The second-order valence-corrected chi connectivity index (χ2v) is 7.05. The average Bonchev–Trinajstić information content (AvgIpc) is 2.77. The second kappa shape index (κ2) is 8.63. The van der Waals surface area contributed by atoms with Crippen molar-refractivity contribution in [2.45, 2.75) is 12.2 Å². The van der Waals surface area contributed by atoms with Crippen LogP contribution in [0.4, 0.5) is 11.4 Å². The van der Waals surface area contributed by atoms with Gasteiger partial charge >= 0.3 is 0 Å². The molecule has 0 spiro atoms. The van der Waals surface area contributed by atoms with Crippen LogP contribution in [0.2, 0.25) is 0 Å². The van der Waals surface area contributed by atoms with Gasteiger partial charge in [-0.05, 0) is 46.5 Å². The van der Waals surface area contributed by atoms with Gasteiger partial charge in [0.15, 0.2) is 0 Å². The quantitative estimate of drug-likeness (QED) is 0.419. The Kier molecular flexibility index (Phi) is 5.59. The summed E-state index contributed by atoms with van der Waals surface area (Å²) in [4.78, 5) is 0. The molecule has 0 radical (unpaired) electrons. The van der Waals surface area contributed by atoms with E-state index in [1.165, 1.54) is 0 Å². The molecule has 0 fully saturated rings. The number of hydrogen-bond acceptors (Lipinski definition) is 3. The molecule has 4 aromatic rings. The number of rotatable bonds is 6. The highest BCUT2D eigenvalue weighted by atomic mass is 16.5. The van der Waals surface area contributed by atoms with Crippen LogP contribution >= 0.6 is 0 Å². The minimum Gasteiger partial charge on any atom is -0.399 e. The molecule has 3 nitrogen and oxygen atoms in total. The molecular weight excluding hydrogens is 356 g/mol. The van der Waals surface area contributed by atoms with Gasteiger partial charge in [-0.15, -0.1) is 0 Å². The Morgan fingerprint density at radius 1 is 0.414 bits per heavy atom. The lowest BCUT2D eigenvalue weighted by atomic mass is 9.97. The lowest BCUT2D eigenvalue weighted by Crippen LogP contribution is -2.13. The molecule has 0 saturated heterocycles. The van der Waals surface area contributed by atoms with Crippen molar-refractivity contribution < 1.29 is 4.74 Å². The Labute approximate surface area is 171 Å². The van der Waals surface area contributed by atoms with Crippen molar-refractivity contribution in [3.05, 3.63) is 131 Å². The summed E-state index contributed by atoms with van der Waals surface area (Å²) in [5.74, 6) is 0. The van der Waals surface area contributed by atoms with Crippen LogP contribution in [0.5, 0.6) is 0 Å². The summed E-state index contributed by atoms with van der Waals surface area (Å²) in [6.07, 6.45) is -0.473. The monoisotopic (exact) mass is 380 g/mol. The van der Waals surface area contributed by atoms with Gasteiger partial charge in [-0.2, -0.15) is 0 Å². The van der Waals surface area contributed by atoms with Crippen LogP contribution in [0.1, 0.15) is 34.5 Å². The maximum Gasteiger partial charge on any atom is 0.109 e. The molecule has 0 heterocycles. The van der Waals surface area contributed by atoms with Crippen LogP contribution in [-0.2, 0) is 4.74 Å². The molecule has 29 heavy (non-hydrogen) atoms. The minimum atomic E-state index is -0.237. The standard InChI is InChI=1S/C26H24N2O/c27-23-15-11-21(12-16-23)25(19-7-3-1-4-8-19)29-26(20-9-5-2-6-10-20)22-13-17-24(28)18-14-22/h1-18,25-26H,27-28H2. The summed E-state index contributed by atoms with van der Waals surface area (Å²) in [6, 6.07) is 36.3. The van der Waals surface area contributed by atoms with Crippen LogP contribution < -0.4 is 11.5 Å². The van der Waals surface area contributed by atoms with Crippen LogP contribution in [0.15, 0.2) is 109 Å². The molecule has 4 rings (SSSR count). The van der Waals surface area contributed by atoms with E-state index in [0.717, 1.165) is 33.6 Å². The fraction of sp³-hybridized carbons (Fsp3) is 0.0769. The number of ether oxygens (including phenoxy) is 1. The zero-order chi connectivity index (χ0) is 20.1. The van der Waals surface area contributed by atoms with Crippen molar-refractivity contribution in [3.8, 4) is 0 Å². The number of nitrogens with two attached hydrogens (primary N) is 2. The predicted molar refractivity (Wildman–Crippen MR) is 119 cm³/mol. The van der Waals surface area contributed by atoms with E-state index >= 15 is 0 Å². The lowest BCUT2D eigenvalue weighted by molar-refractivity contribution is 0.0309. The molecule has 0 amide bonds. The van der Waals surface area contributed by atoms with Gasteiger partial charge in [0.1, 0.15) is 12.2 Å². The zero-order valence-electron chi connectivity index (χ0n) is 16.1. The van der Waals surface area contributed by atoms with E-state index in [1.807, 2.05) is 84.9 Å². The van der Waals surface area contributed by atoms with Crippen molar-refractivity contribution in [2.75, 3.05) is 11.5 Å². The maximum atomic E-state index is 6.79. The molecule has 4 N–H and O–H groups in total. The summed E-state index contributed by atoms with van der Waals surface area (Å²) >= 11 is 0. The number of benzene rings is 4. The summed E-state index contributed by atoms with van der Waals surface area (Å²) in [7, 11) is 0. The summed E-state index contributed by atoms with van der Waals surface area (Å²) in [6.45, 7) is 0. The van der Waals surface area contributed by atoms with E-state index < -0.39 is 0 Å². The third-order valence-electron chi connectivity index (χ3n) is 4.96. The maximum absolute atomic E-state index is 6.79. The highest BCUT2D eigenvalue weighted by Gasteiger charge is 2.23. The molecule has 0 aromatic heterocycles. The summed E-state index contributed by atoms with van der Waals surface area (Å²) in [5.41, 5.74) is 17.6. The molecule has 0 bridgehead atoms. The molecule has 2 atom stereocenters. The van der Waals surface area contributed by atoms with E-state index in [1.54, 1.807) is 0 Å². The van der Waals surface area contributed by atoms with Gasteiger partial charge in [-0.3, -0.25) is 0 Å². The van der Waals surface area contributed by atoms with Gasteiger partial charge in [-0.25, -0.2) is 0 Å². The highest BCUT2D eigenvalue weighted by molar-refractivity contribution is 5.44. The normalized spacial score (nSPS) is 13.0. The van der Waals surface area contributed by atoms with Crippen molar-refractivity contribution in [2.24, 2.45) is 0 Å². The van der Waals surface area contributed by atoms with Gasteiger partial charge in [0.25, 0.3) is 0 Å². The molecule has 0 aliphatic carbocycles. The Hall–Kier alpha value is -3.56. The summed E-state index contributed by atoms with van der Waals surface area (Å²) in [5, 5.41) is 0. The molecular formula is C26H24N2O. The van der Waals surface area contributed by atoms with Gasteiger partial charge in [0.2, 0.25) is 0 Å². The van der Waals surface area contributed by atoms with Crippen LogP contribution in [0.25, 0.3) is 0 Å². The van der Waals surface area contributed by atoms with Crippen molar-refractivity contribution in [3.63, 3.8) is 0 Å². The SMILES string of the molecule is Nc1ccc(C(OC(c2ccccc2)c2ccc(N)cc2)c2ccccc2)cc1. The first-order valence-electron chi connectivity index (χ1n) is 9.67. The summed E-state index contributed by atoms with van der Waals surface area (Å²) < 4.78 is 6.79. The molecule has 0 saturated carbocycles. The van der Waals surface area contributed by atoms with Gasteiger partial charge in [0.05, 0.1) is 0 Å².